The second-order valence-electron chi connectivity index (χ2n) is 17.0. The molecule has 458 valence electrons. The zero-order valence-electron chi connectivity index (χ0n) is 45.1. The van der Waals surface area contributed by atoms with Gasteiger partial charge < -0.3 is 52.7 Å². The first-order valence-corrected chi connectivity index (χ1v) is 22.4. The van der Waals surface area contributed by atoms with Gasteiger partial charge in [0, 0.05) is 137 Å². The third-order valence-electron chi connectivity index (χ3n) is 9.83. The molecule has 0 bridgehead atoms. The van der Waals surface area contributed by atoms with Crippen molar-refractivity contribution in [3.05, 3.63) is 0 Å². The molecule has 1 rings (SSSR count). The van der Waals surface area contributed by atoms with Crippen molar-refractivity contribution < 1.29 is 77.3 Å². The highest BCUT2D eigenvalue weighted by Gasteiger charge is 2.32. The van der Waals surface area contributed by atoms with Crippen molar-refractivity contribution in [2.45, 2.75) is 152 Å². The number of nitrogens with zero attached hydrogens (tertiary/aromatic N) is 3. The first-order valence-electron chi connectivity index (χ1n) is 22.4. The van der Waals surface area contributed by atoms with Crippen LogP contribution in [0.5, 0.6) is 0 Å². The van der Waals surface area contributed by atoms with E-state index in [1.165, 1.54) is 70.7 Å². The third-order valence-corrected chi connectivity index (χ3v) is 9.83. The van der Waals surface area contributed by atoms with Crippen molar-refractivity contribution in [2.75, 3.05) is 63.4 Å². The number of nitrogens with one attached hydrogen (secondary N) is 4. The SMILES string of the molecule is C.C.C.C.C.C.CC(=O)C(C)CC(=O)N(C)C.CC(=O)C(C)CC(=O)N(C)C.CC1CC(=O)N(C)C1=O.CNC(=O)C(C)CC(=O)O.CNC(=O)CC(C)C(=O)O.CNC(=O)CC(C)C(N)=O.CNC(=O)CC(C)C(N)=O. The Morgan fingerprint density at radius 3 is 0.961 bits per heavy atom. The molecule has 25 nitrogen and oxygen atoms in total. The van der Waals surface area contributed by atoms with Crippen molar-refractivity contribution in [1.29, 1.82) is 0 Å². The summed E-state index contributed by atoms with van der Waals surface area (Å²) in [5.74, 6) is -5.71. The molecule has 7 unspecified atom stereocenters. The van der Waals surface area contributed by atoms with E-state index < -0.39 is 35.6 Å². The smallest absolute Gasteiger partial charge is 0.306 e. The summed E-state index contributed by atoms with van der Waals surface area (Å²) in [7, 11) is 14.3. The summed E-state index contributed by atoms with van der Waals surface area (Å²) in [6.45, 7) is 14.6. The van der Waals surface area contributed by atoms with Crippen molar-refractivity contribution in [3.63, 3.8) is 0 Å². The number of carboxylic acids is 2. The van der Waals surface area contributed by atoms with Gasteiger partial charge in [-0.05, 0) is 13.8 Å². The van der Waals surface area contributed by atoms with Gasteiger partial charge in [-0.25, -0.2) is 0 Å². The highest BCUT2D eigenvalue weighted by Crippen LogP contribution is 2.16. The predicted octanol–water partition coefficient (Wildman–Crippen LogP) is 3.38. The fourth-order valence-electron chi connectivity index (χ4n) is 4.15. The molecule has 1 aliphatic rings. The normalized spacial score (nSPS) is 13.1. The molecule has 1 saturated heterocycles. The summed E-state index contributed by atoms with van der Waals surface area (Å²) in [6.07, 6.45) is 1.31. The second-order valence-corrected chi connectivity index (χ2v) is 17.0. The minimum Gasteiger partial charge on any atom is -0.481 e. The molecular formula is C52H109N9O16. The van der Waals surface area contributed by atoms with E-state index in [9.17, 15) is 67.1 Å². The van der Waals surface area contributed by atoms with Gasteiger partial charge in [0.25, 0.3) is 0 Å². The monoisotopic (exact) mass is 1120 g/mol. The van der Waals surface area contributed by atoms with Crippen LogP contribution in [0.3, 0.4) is 0 Å². The second kappa shape index (κ2) is 55.4. The number of amides is 10. The average Bonchev–Trinajstić information content (AvgIpc) is 3.50. The van der Waals surface area contributed by atoms with E-state index in [1.807, 2.05) is 0 Å². The highest BCUT2D eigenvalue weighted by atomic mass is 16.4. The van der Waals surface area contributed by atoms with E-state index in [2.05, 4.69) is 21.3 Å². The Morgan fingerprint density at radius 2 is 0.805 bits per heavy atom. The lowest BCUT2D eigenvalue weighted by atomic mass is 10.0. The highest BCUT2D eigenvalue weighted by molar-refractivity contribution is 6.03. The molecule has 77 heavy (non-hydrogen) atoms. The Balaban J connectivity index is -0.0000000632. The Hall–Kier alpha value is -6.82. The van der Waals surface area contributed by atoms with Crippen LogP contribution in [0.4, 0.5) is 0 Å². The number of imide groups is 1. The Kier molecular flexibility index (Phi) is 71.4. The van der Waals surface area contributed by atoms with E-state index >= 15 is 0 Å². The molecule has 10 amide bonds. The van der Waals surface area contributed by atoms with Crippen LogP contribution in [-0.4, -0.2) is 171 Å². The molecule has 0 aromatic heterocycles. The van der Waals surface area contributed by atoms with Crippen LogP contribution in [0.25, 0.3) is 0 Å². The number of carbonyl (C=O) groups excluding carboxylic acids is 12. The maximum Gasteiger partial charge on any atom is 0.306 e. The van der Waals surface area contributed by atoms with E-state index in [0.717, 1.165) is 0 Å². The van der Waals surface area contributed by atoms with Gasteiger partial charge in [0.15, 0.2) is 0 Å². The third kappa shape index (κ3) is 58.3. The van der Waals surface area contributed by atoms with Gasteiger partial charge in [-0.1, -0.05) is 93.0 Å². The Morgan fingerprint density at radius 1 is 0.519 bits per heavy atom. The first kappa shape index (κ1) is 99.2. The number of ketones is 2. The molecule has 0 aromatic rings. The van der Waals surface area contributed by atoms with Gasteiger partial charge in [-0.2, -0.15) is 0 Å². The fraction of sp³-hybridized carbons (Fsp3) is 0.731. The van der Waals surface area contributed by atoms with E-state index in [0.29, 0.717) is 19.3 Å². The van der Waals surface area contributed by atoms with Crippen LogP contribution in [-0.2, 0) is 67.1 Å². The number of hydrogen-bond acceptors (Lipinski definition) is 14. The van der Waals surface area contributed by atoms with Crippen LogP contribution in [0.2, 0.25) is 0 Å². The number of primary amides is 2. The van der Waals surface area contributed by atoms with Crippen molar-refractivity contribution in [2.24, 2.45) is 52.9 Å². The number of carbonyl (C=O) groups is 14. The quantitative estimate of drug-likeness (QED) is 0.0912. The minimum absolute atomic E-state index is 0. The number of carboxylic acid groups (broad SMARTS) is 2. The summed E-state index contributed by atoms with van der Waals surface area (Å²) in [5.41, 5.74) is 9.84. The van der Waals surface area contributed by atoms with Crippen molar-refractivity contribution >= 4 is 82.6 Å². The molecular weight excluding hydrogens is 1010 g/mol. The van der Waals surface area contributed by atoms with Gasteiger partial charge in [0.2, 0.25) is 59.1 Å². The van der Waals surface area contributed by atoms with Gasteiger partial charge in [-0.15, -0.1) is 0 Å². The average molecular weight is 1120 g/mol. The fourth-order valence-corrected chi connectivity index (χ4v) is 4.15. The molecule has 0 aromatic carbocycles. The molecule has 0 aliphatic carbocycles. The zero-order chi connectivity index (χ0) is 57.6. The molecule has 25 heteroatoms. The molecule has 0 saturated carbocycles. The summed E-state index contributed by atoms with van der Waals surface area (Å²) < 4.78 is 0. The maximum absolute atomic E-state index is 11.0. The number of nitrogens with two attached hydrogens (primary N) is 2. The van der Waals surface area contributed by atoms with Gasteiger partial charge in [0.1, 0.15) is 11.6 Å². The molecule has 1 heterocycles. The molecule has 7 atom stereocenters. The lowest BCUT2D eigenvalue weighted by molar-refractivity contribution is -0.143. The lowest BCUT2D eigenvalue weighted by Gasteiger charge is -2.12. The Bertz CT molecular complexity index is 1660. The minimum atomic E-state index is -0.948. The molecule has 1 aliphatic heterocycles. The first-order chi connectivity index (χ1) is 32.3. The van der Waals surface area contributed by atoms with Crippen LogP contribution in [0.15, 0.2) is 0 Å². The van der Waals surface area contributed by atoms with Crippen LogP contribution in [0, 0.1) is 41.4 Å². The van der Waals surface area contributed by atoms with Crippen molar-refractivity contribution in [3.8, 4) is 0 Å². The molecule has 0 radical (unpaired) electrons. The number of hydrogen-bond donors (Lipinski definition) is 8. The van der Waals surface area contributed by atoms with Crippen LogP contribution in [0.1, 0.15) is 152 Å². The largest absolute Gasteiger partial charge is 0.481 e. The van der Waals surface area contributed by atoms with E-state index in [4.69, 9.17) is 21.7 Å². The van der Waals surface area contributed by atoms with Crippen molar-refractivity contribution in [1.82, 2.24) is 36.0 Å². The lowest BCUT2D eigenvalue weighted by Crippen LogP contribution is -2.27. The number of aliphatic carboxylic acids is 2. The topological polar surface area (TPSA) is 389 Å². The number of likely N-dealkylation sites (tertiary alicyclic amines) is 1. The van der Waals surface area contributed by atoms with Gasteiger partial charge in [0.05, 0.1) is 12.3 Å². The van der Waals surface area contributed by atoms with Gasteiger partial charge >= 0.3 is 11.9 Å². The summed E-state index contributed by atoms with van der Waals surface area (Å²) in [4.78, 5) is 153. The van der Waals surface area contributed by atoms with E-state index in [-0.39, 0.29) is 159 Å². The van der Waals surface area contributed by atoms with Crippen LogP contribution >= 0.6 is 0 Å². The zero-order valence-corrected chi connectivity index (χ0v) is 45.1. The molecule has 10 N–H and O–H groups in total. The van der Waals surface area contributed by atoms with Crippen LogP contribution < -0.4 is 32.7 Å². The Labute approximate surface area is 462 Å². The van der Waals surface area contributed by atoms with E-state index in [1.54, 1.807) is 69.7 Å². The maximum atomic E-state index is 11.0. The molecule has 1 fully saturated rings. The summed E-state index contributed by atoms with van der Waals surface area (Å²) >= 11 is 0. The molecule has 0 spiro atoms. The van der Waals surface area contributed by atoms with Gasteiger partial charge in [-0.3, -0.25) is 72.0 Å². The number of rotatable bonds is 18. The number of Topliss-reactive ketones (excluding diaryl/α,β-unsaturated/α-hetero) is 2. The summed E-state index contributed by atoms with van der Waals surface area (Å²) in [5, 5.41) is 26.1. The standard InChI is InChI=1S/2C8H15NO2.2C6H12N2O2.2C6H11NO3.C6H9NO2.6CH4/c2*1-6(7(2)10)5-8(11)9(3)4;2*1-4(6(7)10)3-5(9)8-2;1-4(3-5(8)9)6(10)7-2;1-4(6(9)10)3-5(8)7-2;1-4-3-5(8)7(2)6(4)9;;;;;;/h2*6H,5H2,1-4H3;2*4H,3H2,1-2H3,(H2,7,10)(H,8,9);4H,3H2,1-2H3,(H,7,10)(H,8,9);4H,3H2,1-2H3,(H,7,8)(H,9,10);4H,3H2,1-2H3;6*1H4. The predicted molar refractivity (Wildman–Crippen MR) is 303 cm³/mol. The summed E-state index contributed by atoms with van der Waals surface area (Å²) in [6, 6.07) is 0.